The van der Waals surface area contributed by atoms with Crippen LogP contribution in [0, 0.1) is 0 Å². The molecule has 3 heteroatoms. The first-order chi connectivity index (χ1) is 11.7. The fourth-order valence-electron chi connectivity index (χ4n) is 3.38. The van der Waals surface area contributed by atoms with Crippen molar-refractivity contribution in [1.82, 2.24) is 14.9 Å². The Morgan fingerprint density at radius 3 is 2.71 bits per heavy atom. The molecule has 1 saturated carbocycles. The number of hydrogen-bond donors (Lipinski definition) is 1. The highest BCUT2D eigenvalue weighted by atomic mass is 15.0. The molecule has 1 atom stereocenters. The Labute approximate surface area is 143 Å². The van der Waals surface area contributed by atoms with E-state index in [0.717, 1.165) is 13.0 Å². The van der Waals surface area contributed by atoms with Crippen LogP contribution in [0.3, 0.4) is 0 Å². The Kier molecular flexibility index (Phi) is 4.11. The van der Waals surface area contributed by atoms with Gasteiger partial charge in [-0.05, 0) is 43.9 Å². The second kappa shape index (κ2) is 6.40. The molecule has 1 aliphatic rings. The number of pyridine rings is 1. The van der Waals surface area contributed by atoms with Gasteiger partial charge in [0.2, 0.25) is 0 Å². The maximum atomic E-state index is 4.94. The average Bonchev–Trinajstić information content (AvgIpc) is 3.34. The topological polar surface area (TPSA) is 29.9 Å². The molecule has 1 fully saturated rings. The molecule has 0 amide bonds. The van der Waals surface area contributed by atoms with E-state index in [1.807, 2.05) is 0 Å². The van der Waals surface area contributed by atoms with Crippen LogP contribution in [-0.4, -0.2) is 15.6 Å². The van der Waals surface area contributed by atoms with E-state index in [1.54, 1.807) is 0 Å². The van der Waals surface area contributed by atoms with E-state index in [1.165, 1.54) is 40.7 Å². The maximum absolute atomic E-state index is 4.94. The quantitative estimate of drug-likeness (QED) is 0.727. The third kappa shape index (κ3) is 3.09. The highest BCUT2D eigenvalue weighted by Crippen LogP contribution is 2.27. The van der Waals surface area contributed by atoms with Crippen LogP contribution in [-0.2, 0) is 13.0 Å². The molecule has 3 aromatic rings. The summed E-state index contributed by atoms with van der Waals surface area (Å²) in [6, 6.07) is 16.1. The molecular weight excluding hydrogens is 294 g/mol. The zero-order valence-corrected chi connectivity index (χ0v) is 14.5. The van der Waals surface area contributed by atoms with Gasteiger partial charge in [0, 0.05) is 35.9 Å². The fraction of sp³-hybridized carbons (Fsp3) is 0.381. The predicted octanol–water partition coefficient (Wildman–Crippen LogP) is 4.46. The summed E-state index contributed by atoms with van der Waals surface area (Å²) >= 11 is 0. The largest absolute Gasteiger partial charge is 0.343 e. The van der Waals surface area contributed by atoms with Gasteiger partial charge in [0.15, 0.2) is 0 Å². The molecule has 2 aromatic heterocycles. The van der Waals surface area contributed by atoms with Crippen molar-refractivity contribution in [3.05, 3.63) is 65.6 Å². The van der Waals surface area contributed by atoms with E-state index in [0.29, 0.717) is 12.1 Å². The number of hydrogen-bond acceptors (Lipinski definition) is 2. The molecule has 0 radical (unpaired) electrons. The Bertz CT molecular complexity index is 831. The molecule has 124 valence electrons. The predicted molar refractivity (Wildman–Crippen MR) is 99.2 cm³/mol. The lowest BCUT2D eigenvalue weighted by Crippen LogP contribution is -2.22. The van der Waals surface area contributed by atoms with Crippen molar-refractivity contribution in [2.24, 2.45) is 0 Å². The van der Waals surface area contributed by atoms with Gasteiger partial charge in [-0.3, -0.25) is 4.98 Å². The molecule has 0 spiro atoms. The lowest BCUT2D eigenvalue weighted by atomic mass is 10.1. The molecule has 1 unspecified atom stereocenters. The first-order valence-corrected chi connectivity index (χ1v) is 9.03. The lowest BCUT2D eigenvalue weighted by molar-refractivity contribution is 0.557. The van der Waals surface area contributed by atoms with Crippen LogP contribution in [0.5, 0.6) is 0 Å². The monoisotopic (exact) mass is 319 g/mol. The van der Waals surface area contributed by atoms with E-state index < -0.39 is 0 Å². The molecule has 3 nitrogen and oxygen atoms in total. The van der Waals surface area contributed by atoms with Crippen molar-refractivity contribution >= 4 is 10.9 Å². The van der Waals surface area contributed by atoms with Crippen LogP contribution in [0.25, 0.3) is 10.9 Å². The van der Waals surface area contributed by atoms with E-state index in [-0.39, 0.29) is 0 Å². The first-order valence-electron chi connectivity index (χ1n) is 9.03. The van der Waals surface area contributed by atoms with Gasteiger partial charge < -0.3 is 9.88 Å². The number of nitrogens with zero attached hydrogens (tertiary/aromatic N) is 2. The van der Waals surface area contributed by atoms with Crippen molar-refractivity contribution in [3.63, 3.8) is 0 Å². The van der Waals surface area contributed by atoms with Crippen LogP contribution in [0.2, 0.25) is 0 Å². The minimum atomic E-state index is 0.312. The molecule has 2 heterocycles. The Morgan fingerprint density at radius 2 is 2.00 bits per heavy atom. The van der Waals surface area contributed by atoms with Crippen LogP contribution >= 0.6 is 0 Å². The number of aryl methyl sites for hydroxylation is 1. The standard InChI is InChI=1S/C21H25N3/c1-3-19-18-11-12-24(14-16-7-5-4-6-8-16)21(18)13-20(23-19)15(2)22-17-9-10-17/h4-8,11-13,15,17,22H,3,9-10,14H2,1-2H3. The van der Waals surface area contributed by atoms with Gasteiger partial charge in [-0.25, -0.2) is 0 Å². The third-order valence-electron chi connectivity index (χ3n) is 4.90. The normalized spacial score (nSPS) is 15.8. The van der Waals surface area contributed by atoms with Crippen molar-refractivity contribution in [2.75, 3.05) is 0 Å². The first kappa shape index (κ1) is 15.4. The Morgan fingerprint density at radius 1 is 1.21 bits per heavy atom. The van der Waals surface area contributed by atoms with Crippen LogP contribution in [0.15, 0.2) is 48.7 Å². The lowest BCUT2D eigenvalue weighted by Gasteiger charge is -2.15. The highest BCUT2D eigenvalue weighted by molar-refractivity contribution is 5.83. The van der Waals surface area contributed by atoms with Crippen molar-refractivity contribution in [1.29, 1.82) is 0 Å². The molecule has 1 N–H and O–H groups in total. The Balaban J connectivity index is 1.72. The number of nitrogens with one attached hydrogen (secondary N) is 1. The van der Waals surface area contributed by atoms with E-state index in [9.17, 15) is 0 Å². The van der Waals surface area contributed by atoms with Gasteiger partial charge in [0.05, 0.1) is 11.2 Å². The smallest absolute Gasteiger partial charge is 0.0594 e. The van der Waals surface area contributed by atoms with E-state index >= 15 is 0 Å². The molecule has 4 rings (SSSR count). The number of aromatic nitrogens is 2. The number of fused-ring (bicyclic) bond motifs is 1. The minimum Gasteiger partial charge on any atom is -0.343 e. The van der Waals surface area contributed by atoms with Gasteiger partial charge in [-0.2, -0.15) is 0 Å². The molecule has 0 aliphatic heterocycles. The van der Waals surface area contributed by atoms with Crippen LogP contribution in [0.1, 0.15) is 49.7 Å². The van der Waals surface area contributed by atoms with Crippen molar-refractivity contribution in [3.8, 4) is 0 Å². The summed E-state index contributed by atoms with van der Waals surface area (Å²) in [5.41, 5.74) is 5.00. The SMILES string of the molecule is CCc1nc(C(C)NC2CC2)cc2c1ccn2Cc1ccccc1. The highest BCUT2D eigenvalue weighted by Gasteiger charge is 2.24. The van der Waals surface area contributed by atoms with Gasteiger partial charge in [-0.1, -0.05) is 37.3 Å². The average molecular weight is 319 g/mol. The van der Waals surface area contributed by atoms with Gasteiger partial charge >= 0.3 is 0 Å². The van der Waals surface area contributed by atoms with Gasteiger partial charge in [-0.15, -0.1) is 0 Å². The second-order valence-corrected chi connectivity index (χ2v) is 6.87. The van der Waals surface area contributed by atoms with E-state index in [4.69, 9.17) is 4.98 Å². The molecule has 1 aromatic carbocycles. The summed E-state index contributed by atoms with van der Waals surface area (Å²) < 4.78 is 2.35. The van der Waals surface area contributed by atoms with Gasteiger partial charge in [0.25, 0.3) is 0 Å². The summed E-state index contributed by atoms with van der Waals surface area (Å²) in [7, 11) is 0. The zero-order chi connectivity index (χ0) is 16.5. The molecule has 24 heavy (non-hydrogen) atoms. The number of benzene rings is 1. The maximum Gasteiger partial charge on any atom is 0.0594 e. The molecule has 0 bridgehead atoms. The summed E-state index contributed by atoms with van der Waals surface area (Å²) in [5, 5.41) is 4.96. The molecule has 1 aliphatic carbocycles. The van der Waals surface area contributed by atoms with Crippen LogP contribution in [0.4, 0.5) is 0 Å². The minimum absolute atomic E-state index is 0.312. The number of rotatable bonds is 6. The van der Waals surface area contributed by atoms with Crippen LogP contribution < -0.4 is 5.32 Å². The molecular formula is C21H25N3. The zero-order valence-electron chi connectivity index (χ0n) is 14.5. The third-order valence-corrected chi connectivity index (χ3v) is 4.90. The molecule has 0 saturated heterocycles. The van der Waals surface area contributed by atoms with E-state index in [2.05, 4.69) is 72.4 Å². The summed E-state index contributed by atoms with van der Waals surface area (Å²) in [5.74, 6) is 0. The Hall–Kier alpha value is -2.13. The van der Waals surface area contributed by atoms with Crippen molar-refractivity contribution < 1.29 is 0 Å². The summed E-state index contributed by atoms with van der Waals surface area (Å²) in [4.78, 5) is 4.94. The summed E-state index contributed by atoms with van der Waals surface area (Å²) in [6.07, 6.45) is 5.77. The summed E-state index contributed by atoms with van der Waals surface area (Å²) in [6.45, 7) is 5.33. The fourth-order valence-corrected chi connectivity index (χ4v) is 3.38. The second-order valence-electron chi connectivity index (χ2n) is 6.87. The van der Waals surface area contributed by atoms with Gasteiger partial charge in [0.1, 0.15) is 0 Å². The van der Waals surface area contributed by atoms with Crippen molar-refractivity contribution in [2.45, 2.75) is 51.7 Å².